The lowest BCUT2D eigenvalue weighted by molar-refractivity contribution is -0.151. The van der Waals surface area contributed by atoms with Crippen molar-refractivity contribution < 1.29 is 24.5 Å². The molecule has 0 fully saturated rings. The van der Waals surface area contributed by atoms with E-state index in [2.05, 4.69) is 26.1 Å². The third kappa shape index (κ3) is 39.7. The van der Waals surface area contributed by atoms with Crippen molar-refractivity contribution in [1.82, 2.24) is 5.32 Å². The standard InChI is InChI=1S/C50H99NO5/c1-4-7-10-13-16-19-22-23-24-25-28-29-32-35-38-41-46(56-50(55)43-40-37-34-31-27-21-18-15-12-9-6-3)44-49(54)51-47(45-52)48(53)42-39-36-33-30-26-20-17-14-11-8-5-2/h46-48,52-53H,4-45H2,1-3H3,(H,51,54). The molecule has 0 aromatic rings. The molecule has 0 aliphatic heterocycles. The number of hydrogen-bond donors (Lipinski definition) is 3. The SMILES string of the molecule is CCCCCCCCCCCCCCCCCC(CC(=O)NC(CO)C(O)CCCCCCCCCCCCC)OC(=O)CCCCCCCCCCCCC. The van der Waals surface area contributed by atoms with Crippen LogP contribution in [0.5, 0.6) is 0 Å². The molecule has 0 heterocycles. The van der Waals surface area contributed by atoms with Gasteiger partial charge in [0.15, 0.2) is 0 Å². The average molecular weight is 794 g/mol. The molecule has 0 radical (unpaired) electrons. The van der Waals surface area contributed by atoms with Crippen molar-refractivity contribution in [3.63, 3.8) is 0 Å². The van der Waals surface area contributed by atoms with Gasteiger partial charge in [-0.2, -0.15) is 0 Å². The van der Waals surface area contributed by atoms with Crippen LogP contribution in [0.2, 0.25) is 0 Å². The van der Waals surface area contributed by atoms with Crippen molar-refractivity contribution in [3.8, 4) is 0 Å². The summed E-state index contributed by atoms with van der Waals surface area (Å²) in [6.45, 7) is 6.49. The normalized spacial score (nSPS) is 13.2. The quantitative estimate of drug-likeness (QED) is 0.0421. The van der Waals surface area contributed by atoms with E-state index >= 15 is 0 Å². The highest BCUT2D eigenvalue weighted by atomic mass is 16.5. The summed E-state index contributed by atoms with van der Waals surface area (Å²) >= 11 is 0. The Hall–Kier alpha value is -1.14. The Bertz CT molecular complexity index is 806. The fourth-order valence-electron chi connectivity index (χ4n) is 8.08. The zero-order chi connectivity index (χ0) is 41.0. The van der Waals surface area contributed by atoms with Crippen LogP contribution in [-0.2, 0) is 14.3 Å². The number of aliphatic hydroxyl groups is 2. The molecule has 0 rings (SSSR count). The van der Waals surface area contributed by atoms with E-state index in [-0.39, 0.29) is 24.9 Å². The lowest BCUT2D eigenvalue weighted by Crippen LogP contribution is -2.46. The lowest BCUT2D eigenvalue weighted by atomic mass is 10.0. The second-order valence-corrected chi connectivity index (χ2v) is 17.6. The van der Waals surface area contributed by atoms with Crippen molar-refractivity contribution in [2.24, 2.45) is 0 Å². The minimum absolute atomic E-state index is 0.0876. The van der Waals surface area contributed by atoms with Gasteiger partial charge in [0, 0.05) is 6.42 Å². The van der Waals surface area contributed by atoms with Crippen molar-refractivity contribution >= 4 is 11.9 Å². The van der Waals surface area contributed by atoms with Crippen molar-refractivity contribution in [2.45, 2.75) is 302 Å². The summed E-state index contributed by atoms with van der Waals surface area (Å²) in [5, 5.41) is 23.7. The first kappa shape index (κ1) is 54.9. The Morgan fingerprint density at radius 1 is 0.446 bits per heavy atom. The molecule has 0 saturated heterocycles. The van der Waals surface area contributed by atoms with Crippen LogP contribution < -0.4 is 5.32 Å². The van der Waals surface area contributed by atoms with E-state index in [9.17, 15) is 19.8 Å². The summed E-state index contributed by atoms with van der Waals surface area (Å²) in [6, 6.07) is -0.691. The van der Waals surface area contributed by atoms with Gasteiger partial charge in [0.25, 0.3) is 0 Å². The fourth-order valence-corrected chi connectivity index (χ4v) is 8.08. The van der Waals surface area contributed by atoms with Gasteiger partial charge in [-0.3, -0.25) is 9.59 Å². The van der Waals surface area contributed by atoms with E-state index in [1.165, 1.54) is 193 Å². The van der Waals surface area contributed by atoms with Crippen LogP contribution >= 0.6 is 0 Å². The van der Waals surface area contributed by atoms with E-state index in [0.717, 1.165) is 44.9 Å². The van der Waals surface area contributed by atoms with Crippen LogP contribution in [0.3, 0.4) is 0 Å². The van der Waals surface area contributed by atoms with E-state index in [1.54, 1.807) is 0 Å². The molecule has 0 aliphatic carbocycles. The van der Waals surface area contributed by atoms with E-state index in [4.69, 9.17) is 4.74 Å². The minimum atomic E-state index is -0.778. The van der Waals surface area contributed by atoms with Gasteiger partial charge >= 0.3 is 5.97 Å². The maximum absolute atomic E-state index is 13.2. The molecule has 3 unspecified atom stereocenters. The number of ether oxygens (including phenoxy) is 1. The highest BCUT2D eigenvalue weighted by Gasteiger charge is 2.24. The second kappa shape index (κ2) is 45.0. The third-order valence-corrected chi connectivity index (χ3v) is 11.9. The van der Waals surface area contributed by atoms with Crippen LogP contribution in [0, 0.1) is 0 Å². The number of rotatable bonds is 46. The summed E-state index contributed by atoms with van der Waals surface area (Å²) in [7, 11) is 0. The third-order valence-electron chi connectivity index (χ3n) is 11.9. The zero-order valence-electron chi connectivity index (χ0n) is 38.0. The molecule has 6 heteroatoms. The van der Waals surface area contributed by atoms with Gasteiger partial charge in [0.1, 0.15) is 6.10 Å². The van der Waals surface area contributed by atoms with Gasteiger partial charge in [-0.05, 0) is 25.7 Å². The molecule has 1 amide bonds. The fraction of sp³-hybridized carbons (Fsp3) is 0.960. The molecule has 0 aromatic carbocycles. The molecule has 0 aliphatic rings. The number of aliphatic hydroxyl groups excluding tert-OH is 2. The molecule has 6 nitrogen and oxygen atoms in total. The molecule has 0 spiro atoms. The van der Waals surface area contributed by atoms with Gasteiger partial charge in [-0.25, -0.2) is 0 Å². The Labute approximate surface area is 349 Å². The number of esters is 1. The number of amides is 1. The van der Waals surface area contributed by atoms with Crippen LogP contribution in [0.25, 0.3) is 0 Å². The van der Waals surface area contributed by atoms with E-state index < -0.39 is 18.2 Å². The maximum atomic E-state index is 13.2. The molecule has 0 saturated carbocycles. The summed E-state index contributed by atoms with van der Waals surface area (Å²) in [6.07, 6.45) is 47.3. The second-order valence-electron chi connectivity index (χ2n) is 17.6. The number of nitrogens with one attached hydrogen (secondary N) is 1. The lowest BCUT2D eigenvalue weighted by Gasteiger charge is -2.24. The topological polar surface area (TPSA) is 95.9 Å². The molecule has 3 atom stereocenters. The first-order valence-corrected chi connectivity index (χ1v) is 25.3. The predicted octanol–water partition coefficient (Wildman–Crippen LogP) is 14.8. The molecule has 0 bridgehead atoms. The Morgan fingerprint density at radius 3 is 1.09 bits per heavy atom. The first-order chi connectivity index (χ1) is 27.5. The van der Waals surface area contributed by atoms with Gasteiger partial charge in [0.2, 0.25) is 5.91 Å². The Balaban J connectivity index is 4.52. The van der Waals surface area contributed by atoms with Crippen molar-refractivity contribution in [3.05, 3.63) is 0 Å². The van der Waals surface area contributed by atoms with Crippen LogP contribution in [0.4, 0.5) is 0 Å². The number of hydrogen-bond acceptors (Lipinski definition) is 5. The van der Waals surface area contributed by atoms with Gasteiger partial charge in [0.05, 0.1) is 25.2 Å². The summed E-state index contributed by atoms with van der Waals surface area (Å²) in [5.41, 5.74) is 0. The van der Waals surface area contributed by atoms with Crippen LogP contribution in [-0.4, -0.2) is 46.9 Å². The predicted molar refractivity (Wildman–Crippen MR) is 241 cm³/mol. The smallest absolute Gasteiger partial charge is 0.306 e. The van der Waals surface area contributed by atoms with Crippen molar-refractivity contribution in [1.29, 1.82) is 0 Å². The number of carbonyl (C=O) groups is 2. The van der Waals surface area contributed by atoms with Gasteiger partial charge in [-0.1, -0.05) is 245 Å². The number of unbranched alkanes of at least 4 members (excludes halogenated alkanes) is 34. The Kier molecular flexibility index (Phi) is 44.0. The van der Waals surface area contributed by atoms with Gasteiger partial charge < -0.3 is 20.3 Å². The highest BCUT2D eigenvalue weighted by Crippen LogP contribution is 2.19. The molecule has 3 N–H and O–H groups in total. The summed E-state index contributed by atoms with van der Waals surface area (Å²) in [4.78, 5) is 26.1. The molecular weight excluding hydrogens is 695 g/mol. The maximum Gasteiger partial charge on any atom is 0.306 e. The minimum Gasteiger partial charge on any atom is -0.462 e. The highest BCUT2D eigenvalue weighted by molar-refractivity contribution is 5.77. The molecule has 0 aromatic heterocycles. The zero-order valence-corrected chi connectivity index (χ0v) is 38.0. The summed E-state index contributed by atoms with van der Waals surface area (Å²) < 4.78 is 5.93. The van der Waals surface area contributed by atoms with Gasteiger partial charge in [-0.15, -0.1) is 0 Å². The summed E-state index contributed by atoms with van der Waals surface area (Å²) in [5.74, 6) is -0.453. The van der Waals surface area contributed by atoms with Crippen LogP contribution in [0.1, 0.15) is 284 Å². The number of carbonyl (C=O) groups excluding carboxylic acids is 2. The molecule has 334 valence electrons. The molecule has 56 heavy (non-hydrogen) atoms. The average Bonchev–Trinajstić information content (AvgIpc) is 3.19. The largest absolute Gasteiger partial charge is 0.462 e. The van der Waals surface area contributed by atoms with Crippen molar-refractivity contribution in [2.75, 3.05) is 6.61 Å². The molecular formula is C50H99NO5. The Morgan fingerprint density at radius 2 is 0.750 bits per heavy atom. The first-order valence-electron chi connectivity index (χ1n) is 25.3. The van der Waals surface area contributed by atoms with E-state index in [0.29, 0.717) is 19.3 Å². The van der Waals surface area contributed by atoms with Crippen LogP contribution in [0.15, 0.2) is 0 Å². The van der Waals surface area contributed by atoms with E-state index in [1.807, 2.05) is 0 Å². The monoisotopic (exact) mass is 794 g/mol.